The topological polar surface area (TPSA) is 49.4 Å². The third-order valence-electron chi connectivity index (χ3n) is 3.64. The average molecular weight is 397 g/mol. The maximum Gasteiger partial charge on any atom is 0.261 e. The van der Waals surface area contributed by atoms with Crippen LogP contribution in [0.5, 0.6) is 0 Å². The van der Waals surface area contributed by atoms with Crippen molar-refractivity contribution >= 4 is 37.3 Å². The van der Waals surface area contributed by atoms with Crippen molar-refractivity contribution in [2.75, 3.05) is 22.7 Å². The van der Waals surface area contributed by atoms with E-state index in [1.54, 1.807) is 30.3 Å². The van der Waals surface area contributed by atoms with Gasteiger partial charge in [-0.2, -0.15) is 0 Å². The molecule has 0 aliphatic rings. The molecule has 0 bridgehead atoms. The summed E-state index contributed by atoms with van der Waals surface area (Å²) in [5.41, 5.74) is 2.47. The molecule has 0 saturated carbocycles. The first-order valence-corrected chi connectivity index (χ1v) is 9.79. The predicted molar refractivity (Wildman–Crippen MR) is 99.7 cm³/mol. The van der Waals surface area contributed by atoms with Crippen molar-refractivity contribution in [3.05, 3.63) is 52.5 Å². The highest BCUT2D eigenvalue weighted by Crippen LogP contribution is 2.31. The number of rotatable bonds is 6. The Hall–Kier alpha value is -1.53. The lowest BCUT2D eigenvalue weighted by molar-refractivity contribution is 0.601. The molecule has 2 rings (SSSR count). The molecule has 2 aromatic carbocycles. The van der Waals surface area contributed by atoms with Crippen LogP contribution < -0.4 is 9.62 Å². The zero-order valence-electron chi connectivity index (χ0n) is 13.5. The molecule has 4 nitrogen and oxygen atoms in total. The summed E-state index contributed by atoms with van der Waals surface area (Å²) in [6, 6.07) is 12.4. The van der Waals surface area contributed by atoms with Crippen molar-refractivity contribution in [1.29, 1.82) is 0 Å². The molecule has 0 fully saturated rings. The second kappa shape index (κ2) is 7.36. The first-order chi connectivity index (χ1) is 10.9. The van der Waals surface area contributed by atoms with Gasteiger partial charge in [-0.15, -0.1) is 0 Å². The Kier molecular flexibility index (Phi) is 5.70. The number of hydrogen-bond donors (Lipinski definition) is 1. The van der Waals surface area contributed by atoms with Crippen LogP contribution in [0.2, 0.25) is 0 Å². The Morgan fingerprint density at radius 2 is 1.65 bits per heavy atom. The van der Waals surface area contributed by atoms with E-state index in [-0.39, 0.29) is 4.90 Å². The van der Waals surface area contributed by atoms with E-state index >= 15 is 0 Å². The van der Waals surface area contributed by atoms with Crippen LogP contribution in [0.15, 0.2) is 51.8 Å². The van der Waals surface area contributed by atoms with Crippen LogP contribution in [-0.2, 0) is 10.0 Å². The summed E-state index contributed by atoms with van der Waals surface area (Å²) < 4.78 is 28.8. The van der Waals surface area contributed by atoms with Crippen LogP contribution in [0.4, 0.5) is 11.4 Å². The summed E-state index contributed by atoms with van der Waals surface area (Å²) in [6.45, 7) is 7.62. The molecule has 0 heterocycles. The lowest BCUT2D eigenvalue weighted by Crippen LogP contribution is -2.24. The van der Waals surface area contributed by atoms with Gasteiger partial charge in [0.15, 0.2) is 0 Å². The van der Waals surface area contributed by atoms with Gasteiger partial charge in [-0.3, -0.25) is 4.72 Å². The fourth-order valence-corrected chi connectivity index (χ4v) is 3.78. The van der Waals surface area contributed by atoms with Crippen molar-refractivity contribution in [1.82, 2.24) is 0 Å². The minimum absolute atomic E-state index is 0.258. The normalized spacial score (nSPS) is 11.3. The number of nitrogens with one attached hydrogen (secondary N) is 1. The van der Waals surface area contributed by atoms with E-state index in [2.05, 4.69) is 25.6 Å². The largest absolute Gasteiger partial charge is 0.370 e. The number of aryl methyl sites for hydroxylation is 1. The van der Waals surface area contributed by atoms with Gasteiger partial charge in [0.1, 0.15) is 0 Å². The second-order valence-electron chi connectivity index (χ2n) is 5.25. The number of halogens is 1. The van der Waals surface area contributed by atoms with E-state index in [0.717, 1.165) is 28.8 Å². The molecule has 0 saturated heterocycles. The smallest absolute Gasteiger partial charge is 0.261 e. The maximum atomic E-state index is 12.6. The fraction of sp³-hybridized carbons (Fsp3) is 0.294. The van der Waals surface area contributed by atoms with Crippen LogP contribution in [0.25, 0.3) is 0 Å². The average Bonchev–Trinajstić information content (AvgIpc) is 2.50. The molecule has 0 atom stereocenters. The third kappa shape index (κ3) is 4.26. The first kappa shape index (κ1) is 17.8. The fourth-order valence-electron chi connectivity index (χ4n) is 2.35. The van der Waals surface area contributed by atoms with Gasteiger partial charge < -0.3 is 4.90 Å². The lowest BCUT2D eigenvalue weighted by atomic mass is 10.2. The van der Waals surface area contributed by atoms with E-state index in [0.29, 0.717) is 5.69 Å². The Balaban J connectivity index is 2.42. The monoisotopic (exact) mass is 396 g/mol. The predicted octanol–water partition coefficient (Wildman–Crippen LogP) is 4.40. The summed E-state index contributed by atoms with van der Waals surface area (Å²) in [4.78, 5) is 2.37. The van der Waals surface area contributed by atoms with Gasteiger partial charge in [-0.1, -0.05) is 33.6 Å². The van der Waals surface area contributed by atoms with Crippen LogP contribution in [0.1, 0.15) is 19.4 Å². The zero-order chi connectivity index (χ0) is 17.0. The Morgan fingerprint density at radius 1 is 1.04 bits per heavy atom. The highest BCUT2D eigenvalue weighted by atomic mass is 79.9. The zero-order valence-corrected chi connectivity index (χ0v) is 15.9. The Morgan fingerprint density at radius 3 is 2.22 bits per heavy atom. The molecule has 0 amide bonds. The summed E-state index contributed by atoms with van der Waals surface area (Å²) in [7, 11) is -3.62. The first-order valence-electron chi connectivity index (χ1n) is 7.51. The molecule has 0 unspecified atom stereocenters. The SMILES string of the molecule is CCN(CC)c1ccc(Br)cc1NS(=O)(=O)c1ccc(C)cc1. The molecule has 6 heteroatoms. The summed E-state index contributed by atoms with van der Waals surface area (Å²) in [6.07, 6.45) is 0. The molecule has 0 aliphatic heterocycles. The maximum absolute atomic E-state index is 12.6. The number of anilines is 2. The Bertz CT molecular complexity index is 770. The number of benzene rings is 2. The van der Waals surface area contributed by atoms with Gasteiger partial charge in [0.2, 0.25) is 0 Å². The van der Waals surface area contributed by atoms with Gasteiger partial charge in [0.25, 0.3) is 10.0 Å². The molecule has 1 N–H and O–H groups in total. The van der Waals surface area contributed by atoms with Crippen molar-refractivity contribution in [2.45, 2.75) is 25.7 Å². The van der Waals surface area contributed by atoms with Crippen LogP contribution in [-0.4, -0.2) is 21.5 Å². The number of sulfonamides is 1. The number of nitrogens with zero attached hydrogens (tertiary/aromatic N) is 1. The van der Waals surface area contributed by atoms with Crippen molar-refractivity contribution < 1.29 is 8.42 Å². The molecule has 0 spiro atoms. The molecule has 0 aromatic heterocycles. The lowest BCUT2D eigenvalue weighted by Gasteiger charge is -2.24. The van der Waals surface area contributed by atoms with Gasteiger partial charge >= 0.3 is 0 Å². The third-order valence-corrected chi connectivity index (χ3v) is 5.51. The van der Waals surface area contributed by atoms with Gasteiger partial charge in [-0.25, -0.2) is 8.42 Å². The molecule has 0 aliphatic carbocycles. The molecule has 23 heavy (non-hydrogen) atoms. The molecular formula is C17H21BrN2O2S. The minimum atomic E-state index is -3.62. The molecular weight excluding hydrogens is 376 g/mol. The van der Waals surface area contributed by atoms with Gasteiger partial charge in [0, 0.05) is 17.6 Å². The molecule has 0 radical (unpaired) electrons. The summed E-state index contributed by atoms with van der Waals surface area (Å²) >= 11 is 3.41. The van der Waals surface area contributed by atoms with Crippen molar-refractivity contribution in [3.8, 4) is 0 Å². The van der Waals surface area contributed by atoms with Crippen molar-refractivity contribution in [3.63, 3.8) is 0 Å². The number of hydrogen-bond acceptors (Lipinski definition) is 3. The van der Waals surface area contributed by atoms with E-state index in [9.17, 15) is 8.42 Å². The quantitative estimate of drug-likeness (QED) is 0.786. The molecule has 124 valence electrons. The van der Waals surface area contributed by atoms with Crippen LogP contribution in [0, 0.1) is 6.92 Å². The van der Waals surface area contributed by atoms with E-state index in [1.165, 1.54) is 0 Å². The van der Waals surface area contributed by atoms with Gasteiger partial charge in [0.05, 0.1) is 16.3 Å². The highest BCUT2D eigenvalue weighted by Gasteiger charge is 2.18. The van der Waals surface area contributed by atoms with E-state index in [1.807, 2.05) is 32.9 Å². The van der Waals surface area contributed by atoms with Gasteiger partial charge in [-0.05, 0) is 51.1 Å². The highest BCUT2D eigenvalue weighted by molar-refractivity contribution is 9.10. The second-order valence-corrected chi connectivity index (χ2v) is 7.85. The summed E-state index contributed by atoms with van der Waals surface area (Å²) in [5.74, 6) is 0. The molecule has 2 aromatic rings. The minimum Gasteiger partial charge on any atom is -0.370 e. The van der Waals surface area contributed by atoms with E-state index in [4.69, 9.17) is 0 Å². The standard InChI is InChI=1S/C17H21BrN2O2S/c1-4-20(5-2)17-11-8-14(18)12-16(17)19-23(21,22)15-9-6-13(3)7-10-15/h6-12,19H,4-5H2,1-3H3. The van der Waals surface area contributed by atoms with E-state index < -0.39 is 10.0 Å². The Labute approximate surface area is 146 Å². The van der Waals surface area contributed by atoms with Crippen LogP contribution in [0.3, 0.4) is 0 Å². The van der Waals surface area contributed by atoms with Crippen LogP contribution >= 0.6 is 15.9 Å². The van der Waals surface area contributed by atoms with Crippen molar-refractivity contribution in [2.24, 2.45) is 0 Å². The summed E-state index contributed by atoms with van der Waals surface area (Å²) in [5, 5.41) is 0.